The van der Waals surface area contributed by atoms with Gasteiger partial charge < -0.3 is 10.6 Å². The quantitative estimate of drug-likeness (QED) is 0.772. The predicted molar refractivity (Wildman–Crippen MR) is 62.4 cm³/mol. The molecule has 0 heterocycles. The lowest BCUT2D eigenvalue weighted by molar-refractivity contribution is -0.136. The summed E-state index contributed by atoms with van der Waals surface area (Å²) in [5.41, 5.74) is 6.11. The maximum atomic E-state index is 12.1. The monoisotopic (exact) mass is 212 g/mol. The Morgan fingerprint density at radius 3 is 2.73 bits per heavy atom. The van der Waals surface area contributed by atoms with E-state index >= 15 is 0 Å². The van der Waals surface area contributed by atoms with E-state index in [4.69, 9.17) is 5.73 Å². The molecule has 1 aliphatic rings. The van der Waals surface area contributed by atoms with Gasteiger partial charge in [-0.25, -0.2) is 0 Å². The van der Waals surface area contributed by atoms with E-state index in [0.29, 0.717) is 5.92 Å². The first-order chi connectivity index (χ1) is 7.07. The summed E-state index contributed by atoms with van der Waals surface area (Å²) >= 11 is 0. The number of carbonyl (C=O) groups is 1. The molecule has 0 saturated heterocycles. The summed E-state index contributed by atoms with van der Waals surface area (Å²) in [4.78, 5) is 13.9. The van der Waals surface area contributed by atoms with Crippen LogP contribution in [0.25, 0.3) is 0 Å². The van der Waals surface area contributed by atoms with Crippen molar-refractivity contribution in [3.05, 3.63) is 0 Å². The van der Waals surface area contributed by atoms with Gasteiger partial charge in [-0.2, -0.15) is 0 Å². The summed E-state index contributed by atoms with van der Waals surface area (Å²) in [6.07, 6.45) is 4.30. The van der Waals surface area contributed by atoms with Crippen LogP contribution in [0.5, 0.6) is 0 Å². The molecule has 0 spiro atoms. The van der Waals surface area contributed by atoms with Crippen LogP contribution in [0.15, 0.2) is 0 Å². The number of carbonyl (C=O) groups excluding carboxylic acids is 1. The van der Waals surface area contributed by atoms with Crippen molar-refractivity contribution in [1.82, 2.24) is 4.90 Å². The minimum Gasteiger partial charge on any atom is -0.345 e. The van der Waals surface area contributed by atoms with E-state index < -0.39 is 0 Å². The number of rotatable bonds is 3. The predicted octanol–water partition coefficient (Wildman–Crippen LogP) is 1.62. The highest BCUT2D eigenvalue weighted by molar-refractivity contribution is 5.79. The summed E-state index contributed by atoms with van der Waals surface area (Å²) < 4.78 is 0. The molecule has 88 valence electrons. The summed E-state index contributed by atoms with van der Waals surface area (Å²) in [6.45, 7) is 5.09. The van der Waals surface area contributed by atoms with Crippen molar-refractivity contribution in [3.8, 4) is 0 Å². The van der Waals surface area contributed by atoms with Crippen molar-refractivity contribution in [3.63, 3.8) is 0 Å². The van der Waals surface area contributed by atoms with Gasteiger partial charge in [-0.05, 0) is 25.2 Å². The van der Waals surface area contributed by atoms with Crippen molar-refractivity contribution in [2.75, 3.05) is 13.6 Å². The third kappa shape index (κ3) is 2.94. The van der Waals surface area contributed by atoms with Crippen molar-refractivity contribution in [1.29, 1.82) is 0 Å². The fourth-order valence-electron chi connectivity index (χ4n) is 2.46. The molecule has 2 N–H and O–H groups in total. The molecule has 3 heteroatoms. The first-order valence-corrected chi connectivity index (χ1v) is 6.08. The van der Waals surface area contributed by atoms with Crippen molar-refractivity contribution >= 4 is 5.91 Å². The molecule has 3 nitrogen and oxygen atoms in total. The molecular weight excluding hydrogens is 188 g/mol. The molecule has 0 radical (unpaired) electrons. The van der Waals surface area contributed by atoms with Gasteiger partial charge in [0.15, 0.2) is 0 Å². The topological polar surface area (TPSA) is 46.3 Å². The second-order valence-corrected chi connectivity index (χ2v) is 4.85. The van der Waals surface area contributed by atoms with Gasteiger partial charge in [-0.15, -0.1) is 0 Å². The molecule has 0 aromatic carbocycles. The zero-order valence-electron chi connectivity index (χ0n) is 10.2. The van der Waals surface area contributed by atoms with E-state index in [1.54, 1.807) is 0 Å². The second kappa shape index (κ2) is 5.50. The zero-order valence-corrected chi connectivity index (χ0v) is 10.2. The van der Waals surface area contributed by atoms with Crippen LogP contribution in [0, 0.1) is 11.8 Å². The van der Waals surface area contributed by atoms with Crippen LogP contribution in [0.4, 0.5) is 0 Å². The van der Waals surface area contributed by atoms with Gasteiger partial charge in [-0.1, -0.05) is 20.3 Å². The maximum absolute atomic E-state index is 12.1. The number of amides is 1. The number of nitrogens with two attached hydrogens (primary N) is 1. The molecule has 0 bridgehead atoms. The zero-order chi connectivity index (χ0) is 11.4. The van der Waals surface area contributed by atoms with Gasteiger partial charge >= 0.3 is 0 Å². The number of hydrogen-bond donors (Lipinski definition) is 1. The fraction of sp³-hybridized carbons (Fsp3) is 0.917. The average Bonchev–Trinajstić information content (AvgIpc) is 2.21. The normalized spacial score (nSPS) is 31.3. The third-order valence-corrected chi connectivity index (χ3v) is 3.55. The lowest BCUT2D eigenvalue weighted by atomic mass is 9.77. The van der Waals surface area contributed by atoms with E-state index in [1.807, 2.05) is 11.9 Å². The lowest BCUT2D eigenvalue weighted by Gasteiger charge is -2.35. The average molecular weight is 212 g/mol. The standard InChI is InChI=1S/C12H24N2O/c1-4-8-14(3)12(15)10-7-5-6-9(2)11(10)13/h9-11H,4-8,13H2,1-3H3. The van der Waals surface area contributed by atoms with E-state index in [1.165, 1.54) is 6.42 Å². The molecule has 1 saturated carbocycles. The Morgan fingerprint density at radius 1 is 1.47 bits per heavy atom. The highest BCUT2D eigenvalue weighted by Gasteiger charge is 2.33. The molecular formula is C12H24N2O. The first-order valence-electron chi connectivity index (χ1n) is 6.08. The Morgan fingerprint density at radius 2 is 2.13 bits per heavy atom. The molecule has 1 fully saturated rings. The van der Waals surface area contributed by atoms with Gasteiger partial charge in [0.05, 0.1) is 5.92 Å². The molecule has 0 aliphatic heterocycles. The number of nitrogens with zero attached hydrogens (tertiary/aromatic N) is 1. The van der Waals surface area contributed by atoms with Crippen molar-refractivity contribution in [2.24, 2.45) is 17.6 Å². The second-order valence-electron chi connectivity index (χ2n) is 4.85. The molecule has 15 heavy (non-hydrogen) atoms. The molecule has 3 atom stereocenters. The van der Waals surface area contributed by atoms with Crippen LogP contribution in [0.1, 0.15) is 39.5 Å². The first kappa shape index (κ1) is 12.5. The molecule has 0 aromatic heterocycles. The summed E-state index contributed by atoms with van der Waals surface area (Å²) in [7, 11) is 1.89. The minimum absolute atomic E-state index is 0.0605. The molecule has 1 rings (SSSR count). The smallest absolute Gasteiger partial charge is 0.226 e. The van der Waals surface area contributed by atoms with Crippen LogP contribution in [-0.4, -0.2) is 30.4 Å². The Balaban J connectivity index is 2.57. The maximum Gasteiger partial charge on any atom is 0.226 e. The van der Waals surface area contributed by atoms with E-state index in [9.17, 15) is 4.79 Å². The van der Waals surface area contributed by atoms with Gasteiger partial charge in [0, 0.05) is 19.6 Å². The van der Waals surface area contributed by atoms with Gasteiger partial charge in [-0.3, -0.25) is 4.79 Å². The third-order valence-electron chi connectivity index (χ3n) is 3.55. The molecule has 0 aromatic rings. The molecule has 1 amide bonds. The van der Waals surface area contributed by atoms with E-state index in [0.717, 1.165) is 25.8 Å². The minimum atomic E-state index is 0.0605. The Labute approximate surface area is 93.0 Å². The van der Waals surface area contributed by atoms with Crippen LogP contribution in [-0.2, 0) is 4.79 Å². The largest absolute Gasteiger partial charge is 0.345 e. The SMILES string of the molecule is CCCN(C)C(=O)C1CCCC(C)C1N. The summed E-state index contributed by atoms with van der Waals surface area (Å²) in [5, 5.41) is 0. The Bertz CT molecular complexity index is 218. The van der Waals surface area contributed by atoms with Gasteiger partial charge in [0.25, 0.3) is 0 Å². The van der Waals surface area contributed by atoms with Crippen LogP contribution < -0.4 is 5.73 Å². The summed E-state index contributed by atoms with van der Waals surface area (Å²) in [5.74, 6) is 0.795. The van der Waals surface area contributed by atoms with Gasteiger partial charge in [0.2, 0.25) is 5.91 Å². The summed E-state index contributed by atoms with van der Waals surface area (Å²) in [6, 6.07) is 0.0607. The van der Waals surface area contributed by atoms with Crippen LogP contribution >= 0.6 is 0 Å². The van der Waals surface area contributed by atoms with Crippen molar-refractivity contribution in [2.45, 2.75) is 45.6 Å². The van der Waals surface area contributed by atoms with E-state index in [-0.39, 0.29) is 17.9 Å². The fourth-order valence-corrected chi connectivity index (χ4v) is 2.46. The number of hydrogen-bond acceptors (Lipinski definition) is 2. The van der Waals surface area contributed by atoms with Gasteiger partial charge in [0.1, 0.15) is 0 Å². The highest BCUT2D eigenvalue weighted by Crippen LogP contribution is 2.28. The molecule has 3 unspecified atom stereocenters. The lowest BCUT2D eigenvalue weighted by Crippen LogP contribution is -2.48. The highest BCUT2D eigenvalue weighted by atomic mass is 16.2. The molecule has 1 aliphatic carbocycles. The Kier molecular flexibility index (Phi) is 4.58. The van der Waals surface area contributed by atoms with Crippen LogP contribution in [0.2, 0.25) is 0 Å². The van der Waals surface area contributed by atoms with Crippen LogP contribution in [0.3, 0.4) is 0 Å². The van der Waals surface area contributed by atoms with E-state index in [2.05, 4.69) is 13.8 Å². The Hall–Kier alpha value is -0.570. The van der Waals surface area contributed by atoms with Crippen molar-refractivity contribution < 1.29 is 4.79 Å².